The van der Waals surface area contributed by atoms with Gasteiger partial charge in [-0.2, -0.15) is 0 Å². The van der Waals surface area contributed by atoms with Gasteiger partial charge in [-0.1, -0.05) is 261 Å². The number of aliphatic hydroxyl groups is 1. The van der Waals surface area contributed by atoms with Crippen LogP contribution in [-0.4, -0.2) is 96.7 Å². The van der Waals surface area contributed by atoms with Gasteiger partial charge in [0.15, 0.2) is 12.2 Å². The fourth-order valence-electron chi connectivity index (χ4n) is 9.54. The van der Waals surface area contributed by atoms with Gasteiger partial charge in [0.05, 0.1) is 26.4 Å². The number of phosphoric ester groups is 2. The van der Waals surface area contributed by atoms with Crippen molar-refractivity contribution in [3.05, 3.63) is 0 Å². The standard InChI is InChI=1S/C65H126O17P2/c1-9-57(7)43-35-27-18-13-11-12-14-19-29-37-45-62(67)75-51-60(81-64(69)47-39-31-23-21-26-34-42-56(5)6)53-79-83(71,72)77-49-59(66)50-78-84(73,74)80-54-61(82-65(70)48-40-32-24-22-28-36-44-58(8)10-2)52-76-63(68)46-38-30-20-16-15-17-25-33-41-55(3)4/h55-61,66H,9-54H2,1-8H3,(H,71,72)(H,73,74)/t57?,58?,59?,60-,61-/m1/s1. The van der Waals surface area contributed by atoms with Crippen LogP contribution in [0.2, 0.25) is 0 Å². The normalized spacial score (nSPS) is 15.1. The summed E-state index contributed by atoms with van der Waals surface area (Å²) in [6.07, 6.45) is 35.0. The average molecular weight is 1240 g/mol. The summed E-state index contributed by atoms with van der Waals surface area (Å²) in [7, 11) is -9.89. The van der Waals surface area contributed by atoms with Gasteiger partial charge in [0.2, 0.25) is 0 Å². The average Bonchev–Trinajstić information content (AvgIpc) is 3.50. The molecule has 0 fully saturated rings. The first kappa shape index (κ1) is 82.1. The first-order valence-electron chi connectivity index (χ1n) is 33.8. The number of rotatable bonds is 62. The highest BCUT2D eigenvalue weighted by Crippen LogP contribution is 2.45. The Hall–Kier alpha value is -1.94. The summed E-state index contributed by atoms with van der Waals surface area (Å²) < 4.78 is 68.0. The first-order chi connectivity index (χ1) is 40.2. The topological polar surface area (TPSA) is 237 Å². The van der Waals surface area contributed by atoms with E-state index in [2.05, 4.69) is 55.4 Å². The summed E-state index contributed by atoms with van der Waals surface area (Å²) >= 11 is 0. The maximum absolute atomic E-state index is 13.0. The molecule has 17 nitrogen and oxygen atoms in total. The van der Waals surface area contributed by atoms with Crippen LogP contribution in [0.15, 0.2) is 0 Å². The fraction of sp³-hybridized carbons (Fsp3) is 0.938. The van der Waals surface area contributed by atoms with Crippen LogP contribution in [0.3, 0.4) is 0 Å². The molecule has 0 amide bonds. The van der Waals surface area contributed by atoms with E-state index in [-0.39, 0.29) is 25.7 Å². The highest BCUT2D eigenvalue weighted by atomic mass is 31.2. The van der Waals surface area contributed by atoms with E-state index in [1.54, 1.807) is 0 Å². The minimum atomic E-state index is -4.95. The summed E-state index contributed by atoms with van der Waals surface area (Å²) in [5.41, 5.74) is 0. The Labute approximate surface area is 511 Å². The number of esters is 4. The van der Waals surface area contributed by atoms with Crippen LogP contribution in [0.5, 0.6) is 0 Å². The molecule has 0 aliphatic rings. The SMILES string of the molecule is CCC(C)CCCCCCCCCCCCC(=O)OC[C@H](COP(=O)(O)OCC(O)COP(=O)(O)OC[C@@H](COC(=O)CCCCCCCCCCC(C)C)OC(=O)CCCCCCCCC(C)CC)OC(=O)CCCCCCCCC(C)C. The Morgan fingerprint density at radius 2 is 0.571 bits per heavy atom. The van der Waals surface area contributed by atoms with Crippen LogP contribution in [0.1, 0.15) is 312 Å². The van der Waals surface area contributed by atoms with Crippen molar-refractivity contribution in [1.82, 2.24) is 0 Å². The van der Waals surface area contributed by atoms with Crippen LogP contribution in [-0.2, 0) is 65.4 Å². The van der Waals surface area contributed by atoms with Crippen LogP contribution >= 0.6 is 15.6 Å². The maximum atomic E-state index is 13.0. The number of hydrogen-bond donors (Lipinski definition) is 3. The zero-order valence-electron chi connectivity index (χ0n) is 54.5. The van der Waals surface area contributed by atoms with Crippen molar-refractivity contribution >= 4 is 39.5 Å². The van der Waals surface area contributed by atoms with E-state index in [0.717, 1.165) is 108 Å². The third-order valence-corrected chi connectivity index (χ3v) is 17.4. The second-order valence-electron chi connectivity index (χ2n) is 24.9. The van der Waals surface area contributed by atoms with E-state index >= 15 is 0 Å². The molecule has 0 saturated heterocycles. The van der Waals surface area contributed by atoms with Crippen LogP contribution in [0.25, 0.3) is 0 Å². The lowest BCUT2D eigenvalue weighted by molar-refractivity contribution is -0.161. The third kappa shape index (κ3) is 56.6. The van der Waals surface area contributed by atoms with Gasteiger partial charge in [0.25, 0.3) is 0 Å². The number of aliphatic hydroxyl groups excluding tert-OH is 1. The molecule has 5 unspecified atom stereocenters. The largest absolute Gasteiger partial charge is 0.472 e. The van der Waals surface area contributed by atoms with Crippen molar-refractivity contribution in [2.75, 3.05) is 39.6 Å². The van der Waals surface area contributed by atoms with Gasteiger partial charge in [-0.15, -0.1) is 0 Å². The summed E-state index contributed by atoms with van der Waals surface area (Å²) in [4.78, 5) is 72.2. The number of phosphoric acid groups is 2. The third-order valence-electron chi connectivity index (χ3n) is 15.5. The zero-order chi connectivity index (χ0) is 62.5. The minimum absolute atomic E-state index is 0.101. The Bertz CT molecular complexity index is 1680. The number of hydrogen-bond acceptors (Lipinski definition) is 15. The van der Waals surface area contributed by atoms with Crippen molar-refractivity contribution < 1.29 is 80.2 Å². The van der Waals surface area contributed by atoms with Crippen molar-refractivity contribution in [3.63, 3.8) is 0 Å². The summed E-state index contributed by atoms with van der Waals surface area (Å²) in [6.45, 7) is 14.0. The van der Waals surface area contributed by atoms with E-state index in [1.165, 1.54) is 116 Å². The number of ether oxygens (including phenoxy) is 4. The predicted molar refractivity (Wildman–Crippen MR) is 335 cm³/mol. The highest BCUT2D eigenvalue weighted by molar-refractivity contribution is 7.47. The number of carbonyl (C=O) groups excluding carboxylic acids is 4. The molecule has 0 heterocycles. The molecule has 19 heteroatoms. The summed E-state index contributed by atoms with van der Waals surface area (Å²) in [6, 6.07) is 0. The Morgan fingerprint density at radius 1 is 0.333 bits per heavy atom. The quantitative estimate of drug-likeness (QED) is 0.0222. The van der Waals surface area contributed by atoms with E-state index in [9.17, 15) is 43.2 Å². The van der Waals surface area contributed by atoms with Crippen molar-refractivity contribution in [2.24, 2.45) is 23.7 Å². The van der Waals surface area contributed by atoms with E-state index in [1.807, 2.05) is 0 Å². The molecule has 0 aromatic carbocycles. The maximum Gasteiger partial charge on any atom is 0.472 e. The van der Waals surface area contributed by atoms with Crippen molar-refractivity contribution in [2.45, 2.75) is 331 Å². The molecule has 0 radical (unpaired) electrons. The molecular formula is C65H126O17P2. The molecule has 498 valence electrons. The number of unbranched alkanes of at least 4 members (excludes halogenated alkanes) is 26. The lowest BCUT2D eigenvalue weighted by Crippen LogP contribution is -2.30. The molecule has 0 saturated carbocycles. The van der Waals surface area contributed by atoms with Crippen molar-refractivity contribution in [1.29, 1.82) is 0 Å². The second kappa shape index (κ2) is 55.2. The monoisotopic (exact) mass is 1240 g/mol. The van der Waals surface area contributed by atoms with E-state index in [0.29, 0.717) is 31.6 Å². The predicted octanol–water partition coefficient (Wildman–Crippen LogP) is 17.8. The lowest BCUT2D eigenvalue weighted by atomic mass is 9.99. The van der Waals surface area contributed by atoms with Crippen LogP contribution in [0, 0.1) is 23.7 Å². The Kier molecular flexibility index (Phi) is 53.9. The van der Waals surface area contributed by atoms with Gasteiger partial charge in [0.1, 0.15) is 19.3 Å². The lowest BCUT2D eigenvalue weighted by Gasteiger charge is -2.21. The molecule has 0 aromatic rings. The van der Waals surface area contributed by atoms with Crippen LogP contribution in [0.4, 0.5) is 0 Å². The smallest absolute Gasteiger partial charge is 0.462 e. The minimum Gasteiger partial charge on any atom is -0.462 e. The molecule has 0 aliphatic heterocycles. The molecule has 0 aromatic heterocycles. The molecule has 0 rings (SSSR count). The molecule has 0 spiro atoms. The molecule has 84 heavy (non-hydrogen) atoms. The van der Waals surface area contributed by atoms with E-state index in [4.69, 9.17) is 37.0 Å². The first-order valence-corrected chi connectivity index (χ1v) is 36.8. The highest BCUT2D eigenvalue weighted by Gasteiger charge is 2.30. The van der Waals surface area contributed by atoms with Gasteiger partial charge < -0.3 is 33.8 Å². The van der Waals surface area contributed by atoms with Crippen molar-refractivity contribution in [3.8, 4) is 0 Å². The second-order valence-corrected chi connectivity index (χ2v) is 27.8. The molecular weight excluding hydrogens is 1110 g/mol. The van der Waals surface area contributed by atoms with Gasteiger partial charge in [0, 0.05) is 25.7 Å². The fourth-order valence-corrected chi connectivity index (χ4v) is 11.1. The molecule has 3 N–H and O–H groups in total. The van der Waals surface area contributed by atoms with Gasteiger partial charge in [-0.3, -0.25) is 37.3 Å². The van der Waals surface area contributed by atoms with Crippen LogP contribution < -0.4 is 0 Å². The zero-order valence-corrected chi connectivity index (χ0v) is 56.3. The Balaban J connectivity index is 5.23. The Morgan fingerprint density at radius 3 is 0.845 bits per heavy atom. The number of carbonyl (C=O) groups is 4. The van der Waals surface area contributed by atoms with Gasteiger partial charge in [-0.25, -0.2) is 9.13 Å². The van der Waals surface area contributed by atoms with Gasteiger partial charge in [-0.05, 0) is 49.4 Å². The molecule has 0 aliphatic carbocycles. The van der Waals surface area contributed by atoms with E-state index < -0.39 is 97.5 Å². The summed E-state index contributed by atoms with van der Waals surface area (Å²) in [5, 5.41) is 10.5. The van der Waals surface area contributed by atoms with Gasteiger partial charge >= 0.3 is 39.5 Å². The summed E-state index contributed by atoms with van der Waals surface area (Å²) in [5.74, 6) is 0.782. The molecule has 7 atom stereocenters. The molecule has 0 bridgehead atoms.